The minimum atomic E-state index is -0.173. The lowest BCUT2D eigenvalue weighted by Crippen LogP contribution is -2.40. The lowest BCUT2D eigenvalue weighted by atomic mass is 10.1. The average molecular weight is 292 g/mol. The zero-order chi connectivity index (χ0) is 16.0. The first-order valence-corrected chi connectivity index (χ1v) is 7.33. The summed E-state index contributed by atoms with van der Waals surface area (Å²) in [5.41, 5.74) is 8.22. The van der Waals surface area contributed by atoms with Gasteiger partial charge in [-0.15, -0.1) is 0 Å². The number of aryl methyl sites for hydroxylation is 1. The summed E-state index contributed by atoms with van der Waals surface area (Å²) in [5.74, 6) is -0.00365. The van der Waals surface area contributed by atoms with Crippen LogP contribution >= 0.6 is 0 Å². The van der Waals surface area contributed by atoms with Gasteiger partial charge in [0.1, 0.15) is 0 Å². The molecule has 0 bridgehead atoms. The van der Waals surface area contributed by atoms with Crippen LogP contribution in [0, 0.1) is 6.92 Å². The Balaban J connectivity index is 2.55. The second-order valence-corrected chi connectivity index (χ2v) is 5.88. The molecule has 1 rings (SSSR count). The molecule has 0 spiro atoms. The average Bonchev–Trinajstić information content (AvgIpc) is 2.41. The minimum absolute atomic E-state index is 0.00365. The Labute approximate surface area is 128 Å². The van der Waals surface area contributed by atoms with Gasteiger partial charge in [0.15, 0.2) is 0 Å². The molecule has 3 N–H and O–H groups in total. The molecule has 1 atom stereocenters. The Morgan fingerprint density at radius 2 is 1.95 bits per heavy atom. The van der Waals surface area contributed by atoms with E-state index in [2.05, 4.69) is 29.2 Å². The Hall–Kier alpha value is -1.59. The normalized spacial score (nSPS) is 12.7. The number of rotatable bonds is 7. The third-order valence-electron chi connectivity index (χ3n) is 3.68. The molecule has 5 nitrogen and oxygen atoms in total. The van der Waals surface area contributed by atoms with Crippen molar-refractivity contribution in [3.63, 3.8) is 0 Å². The van der Waals surface area contributed by atoms with Gasteiger partial charge in [-0.1, -0.05) is 6.07 Å². The van der Waals surface area contributed by atoms with Gasteiger partial charge >= 0.3 is 0 Å². The molecular weight excluding hydrogens is 264 g/mol. The van der Waals surface area contributed by atoms with Crippen molar-refractivity contribution >= 4 is 17.3 Å². The number of benzene rings is 1. The van der Waals surface area contributed by atoms with E-state index in [0.29, 0.717) is 5.69 Å². The van der Waals surface area contributed by atoms with Crippen molar-refractivity contribution in [3.05, 3.63) is 23.8 Å². The van der Waals surface area contributed by atoms with Crippen molar-refractivity contribution in [1.29, 1.82) is 0 Å². The van der Waals surface area contributed by atoms with E-state index >= 15 is 0 Å². The summed E-state index contributed by atoms with van der Waals surface area (Å²) in [6.45, 7) is 5.79. The number of nitrogens with zero attached hydrogens (tertiary/aromatic N) is 2. The van der Waals surface area contributed by atoms with Crippen molar-refractivity contribution in [3.8, 4) is 0 Å². The predicted octanol–water partition coefficient (Wildman–Crippen LogP) is 1.79. The van der Waals surface area contributed by atoms with Gasteiger partial charge in [0.25, 0.3) is 0 Å². The lowest BCUT2D eigenvalue weighted by Gasteiger charge is -2.24. The number of carbonyl (C=O) groups is 1. The minimum Gasteiger partial charge on any atom is -0.399 e. The van der Waals surface area contributed by atoms with Gasteiger partial charge in [-0.05, 0) is 72.2 Å². The topological polar surface area (TPSA) is 61.6 Å². The van der Waals surface area contributed by atoms with Crippen LogP contribution in [0.1, 0.15) is 18.9 Å². The molecule has 118 valence electrons. The molecule has 0 aliphatic rings. The van der Waals surface area contributed by atoms with Gasteiger partial charge in [0, 0.05) is 11.4 Å². The predicted molar refractivity (Wildman–Crippen MR) is 89.5 cm³/mol. The Morgan fingerprint density at radius 1 is 1.29 bits per heavy atom. The fourth-order valence-corrected chi connectivity index (χ4v) is 2.04. The summed E-state index contributed by atoms with van der Waals surface area (Å²) >= 11 is 0. The second-order valence-electron chi connectivity index (χ2n) is 5.88. The van der Waals surface area contributed by atoms with Crippen molar-refractivity contribution in [1.82, 2.24) is 9.80 Å². The van der Waals surface area contributed by atoms with E-state index in [1.165, 1.54) is 0 Å². The number of carbonyl (C=O) groups excluding carboxylic acids is 1. The SMILES string of the molecule is Cc1ccc(N)cc1NC(=O)C(C)N(C)CCCN(C)C. The number of amides is 1. The molecule has 1 unspecified atom stereocenters. The molecule has 1 aromatic carbocycles. The number of nitrogen functional groups attached to an aromatic ring is 1. The summed E-state index contributed by atoms with van der Waals surface area (Å²) < 4.78 is 0. The highest BCUT2D eigenvalue weighted by Gasteiger charge is 2.18. The zero-order valence-electron chi connectivity index (χ0n) is 13.8. The first kappa shape index (κ1) is 17.5. The van der Waals surface area contributed by atoms with Crippen LogP contribution in [0.4, 0.5) is 11.4 Å². The van der Waals surface area contributed by atoms with E-state index in [-0.39, 0.29) is 11.9 Å². The third-order valence-corrected chi connectivity index (χ3v) is 3.68. The maximum atomic E-state index is 12.3. The van der Waals surface area contributed by atoms with Crippen LogP contribution < -0.4 is 11.1 Å². The number of hydrogen-bond donors (Lipinski definition) is 2. The fourth-order valence-electron chi connectivity index (χ4n) is 2.04. The highest BCUT2D eigenvalue weighted by molar-refractivity contribution is 5.95. The van der Waals surface area contributed by atoms with E-state index in [9.17, 15) is 4.79 Å². The highest BCUT2D eigenvalue weighted by atomic mass is 16.2. The van der Waals surface area contributed by atoms with E-state index in [4.69, 9.17) is 5.73 Å². The first-order chi connectivity index (χ1) is 9.81. The molecule has 0 fully saturated rings. The van der Waals surface area contributed by atoms with Crippen molar-refractivity contribution in [2.75, 3.05) is 45.3 Å². The van der Waals surface area contributed by atoms with Crippen molar-refractivity contribution in [2.24, 2.45) is 0 Å². The third kappa shape index (κ3) is 5.73. The molecule has 0 aliphatic heterocycles. The van der Waals surface area contributed by atoms with Crippen LogP contribution in [0.25, 0.3) is 0 Å². The highest BCUT2D eigenvalue weighted by Crippen LogP contribution is 2.18. The molecule has 5 heteroatoms. The maximum Gasteiger partial charge on any atom is 0.241 e. The maximum absolute atomic E-state index is 12.3. The van der Waals surface area contributed by atoms with Crippen LogP contribution in [-0.2, 0) is 4.79 Å². The van der Waals surface area contributed by atoms with Crippen LogP contribution in [-0.4, -0.2) is 56.0 Å². The standard InChI is InChI=1S/C16H28N4O/c1-12-7-8-14(17)11-15(12)18-16(21)13(2)20(5)10-6-9-19(3)4/h7-8,11,13H,6,9-10,17H2,1-5H3,(H,18,21). The molecule has 0 saturated carbocycles. The summed E-state index contributed by atoms with van der Waals surface area (Å²) in [5, 5.41) is 2.96. The Morgan fingerprint density at radius 3 is 2.57 bits per heavy atom. The monoisotopic (exact) mass is 292 g/mol. The molecule has 0 radical (unpaired) electrons. The molecule has 0 saturated heterocycles. The molecule has 1 aromatic rings. The molecule has 0 heterocycles. The number of nitrogens with one attached hydrogen (secondary N) is 1. The van der Waals surface area contributed by atoms with Crippen LogP contribution in [0.5, 0.6) is 0 Å². The quantitative estimate of drug-likeness (QED) is 0.752. The molecule has 1 amide bonds. The van der Waals surface area contributed by atoms with Gasteiger partial charge in [0.05, 0.1) is 6.04 Å². The van der Waals surface area contributed by atoms with Crippen LogP contribution in [0.3, 0.4) is 0 Å². The van der Waals surface area contributed by atoms with Crippen molar-refractivity contribution < 1.29 is 4.79 Å². The molecule has 21 heavy (non-hydrogen) atoms. The molecular formula is C16H28N4O. The summed E-state index contributed by atoms with van der Waals surface area (Å²) in [6.07, 6.45) is 1.04. The first-order valence-electron chi connectivity index (χ1n) is 7.33. The van der Waals surface area contributed by atoms with E-state index in [1.807, 2.05) is 33.0 Å². The number of likely N-dealkylation sites (N-methyl/N-ethyl adjacent to an activating group) is 1. The van der Waals surface area contributed by atoms with E-state index < -0.39 is 0 Å². The van der Waals surface area contributed by atoms with E-state index in [1.54, 1.807) is 6.07 Å². The Kier molecular flexibility index (Phi) is 6.65. The zero-order valence-corrected chi connectivity index (χ0v) is 13.8. The smallest absolute Gasteiger partial charge is 0.241 e. The molecule has 0 aliphatic carbocycles. The van der Waals surface area contributed by atoms with Crippen LogP contribution in [0.2, 0.25) is 0 Å². The molecule has 0 aromatic heterocycles. The largest absolute Gasteiger partial charge is 0.399 e. The van der Waals surface area contributed by atoms with Crippen molar-refractivity contribution in [2.45, 2.75) is 26.3 Å². The van der Waals surface area contributed by atoms with Gasteiger partial charge in [-0.3, -0.25) is 9.69 Å². The number of nitrogens with two attached hydrogens (primary N) is 1. The van der Waals surface area contributed by atoms with Crippen LogP contribution in [0.15, 0.2) is 18.2 Å². The van der Waals surface area contributed by atoms with Gasteiger partial charge in [0.2, 0.25) is 5.91 Å². The number of anilines is 2. The summed E-state index contributed by atoms with van der Waals surface area (Å²) in [6, 6.07) is 5.37. The lowest BCUT2D eigenvalue weighted by molar-refractivity contribution is -0.120. The second kappa shape index (κ2) is 8.00. The fraction of sp³-hybridized carbons (Fsp3) is 0.562. The van der Waals surface area contributed by atoms with Gasteiger partial charge in [-0.25, -0.2) is 0 Å². The summed E-state index contributed by atoms with van der Waals surface area (Å²) in [4.78, 5) is 16.5. The number of hydrogen-bond acceptors (Lipinski definition) is 4. The summed E-state index contributed by atoms with van der Waals surface area (Å²) in [7, 11) is 6.09. The van der Waals surface area contributed by atoms with Gasteiger partial charge in [-0.2, -0.15) is 0 Å². The van der Waals surface area contributed by atoms with E-state index in [0.717, 1.165) is 30.8 Å². The van der Waals surface area contributed by atoms with Gasteiger partial charge < -0.3 is 16.0 Å². The Bertz CT molecular complexity index is 473.